The first-order valence-corrected chi connectivity index (χ1v) is 9.77. The Kier molecular flexibility index (Phi) is 5.31. The van der Waals surface area contributed by atoms with E-state index in [9.17, 15) is 14.0 Å². The van der Waals surface area contributed by atoms with Gasteiger partial charge in [-0.3, -0.25) is 9.59 Å². The molecule has 154 valence electrons. The molecule has 1 saturated heterocycles. The molecule has 1 N–H and O–H groups in total. The monoisotopic (exact) mass is 407 g/mol. The van der Waals surface area contributed by atoms with Gasteiger partial charge < -0.3 is 10.2 Å². The number of benzene rings is 2. The molecule has 0 spiro atoms. The minimum absolute atomic E-state index is 0.00263. The number of aromatic nitrogens is 3. The molecule has 0 radical (unpaired) electrons. The lowest BCUT2D eigenvalue weighted by molar-refractivity contribution is -0.133. The predicted octanol–water partition coefficient (Wildman–Crippen LogP) is 2.93. The van der Waals surface area contributed by atoms with Gasteiger partial charge >= 0.3 is 0 Å². The zero-order chi connectivity index (χ0) is 21.1. The SMILES string of the molecule is CC(=O)N1CCC(C(=O)Nc2ccc(-n3cncn3)c(F)c2)(c2ccccc2)CC1. The summed E-state index contributed by atoms with van der Waals surface area (Å²) in [5.74, 6) is -0.717. The van der Waals surface area contributed by atoms with Crippen LogP contribution in [0.25, 0.3) is 5.69 Å². The maximum Gasteiger partial charge on any atom is 0.235 e. The van der Waals surface area contributed by atoms with Crippen LogP contribution in [0, 0.1) is 5.82 Å². The van der Waals surface area contributed by atoms with Crippen molar-refractivity contribution in [3.63, 3.8) is 0 Å². The van der Waals surface area contributed by atoms with Crippen LogP contribution in [0.4, 0.5) is 10.1 Å². The highest BCUT2D eigenvalue weighted by Crippen LogP contribution is 2.37. The fourth-order valence-electron chi connectivity index (χ4n) is 3.96. The summed E-state index contributed by atoms with van der Waals surface area (Å²) in [6, 6.07) is 14.0. The van der Waals surface area contributed by atoms with Gasteiger partial charge in [-0.15, -0.1) is 0 Å². The first kappa shape index (κ1) is 19.8. The summed E-state index contributed by atoms with van der Waals surface area (Å²) < 4.78 is 15.9. The topological polar surface area (TPSA) is 80.1 Å². The highest BCUT2D eigenvalue weighted by atomic mass is 19.1. The average Bonchev–Trinajstić information content (AvgIpc) is 3.29. The molecule has 0 aliphatic carbocycles. The third-order valence-corrected chi connectivity index (χ3v) is 5.69. The van der Waals surface area contributed by atoms with E-state index in [2.05, 4.69) is 15.4 Å². The summed E-state index contributed by atoms with van der Waals surface area (Å²) in [6.07, 6.45) is 3.74. The normalized spacial score (nSPS) is 15.6. The largest absolute Gasteiger partial charge is 0.343 e. The minimum atomic E-state index is -0.783. The van der Waals surface area contributed by atoms with Gasteiger partial charge in [0.2, 0.25) is 11.8 Å². The quantitative estimate of drug-likeness (QED) is 0.721. The van der Waals surface area contributed by atoms with Crippen LogP contribution in [0.5, 0.6) is 0 Å². The number of hydrogen-bond acceptors (Lipinski definition) is 4. The lowest BCUT2D eigenvalue weighted by Gasteiger charge is -2.40. The summed E-state index contributed by atoms with van der Waals surface area (Å²) >= 11 is 0. The number of amides is 2. The number of likely N-dealkylation sites (tertiary alicyclic amines) is 1. The molecule has 8 heteroatoms. The van der Waals surface area contributed by atoms with E-state index in [1.807, 2.05) is 30.3 Å². The summed E-state index contributed by atoms with van der Waals surface area (Å²) in [5.41, 5.74) is 0.725. The summed E-state index contributed by atoms with van der Waals surface area (Å²) in [6.45, 7) is 2.53. The second-order valence-corrected chi connectivity index (χ2v) is 7.41. The van der Waals surface area contributed by atoms with Crippen LogP contribution in [0.1, 0.15) is 25.3 Å². The number of carbonyl (C=O) groups is 2. The first-order valence-electron chi connectivity index (χ1n) is 9.77. The second-order valence-electron chi connectivity index (χ2n) is 7.41. The van der Waals surface area contributed by atoms with E-state index in [1.54, 1.807) is 17.0 Å². The molecule has 1 aliphatic heterocycles. The van der Waals surface area contributed by atoms with E-state index < -0.39 is 11.2 Å². The molecule has 2 aromatic carbocycles. The van der Waals surface area contributed by atoms with Gasteiger partial charge in [0.1, 0.15) is 18.3 Å². The van der Waals surface area contributed by atoms with Crippen LogP contribution >= 0.6 is 0 Å². The van der Waals surface area contributed by atoms with Crippen LogP contribution in [0.3, 0.4) is 0 Å². The van der Waals surface area contributed by atoms with Crippen molar-refractivity contribution >= 4 is 17.5 Å². The molecule has 0 bridgehead atoms. The Morgan fingerprint density at radius 3 is 2.43 bits per heavy atom. The van der Waals surface area contributed by atoms with Crippen molar-refractivity contribution in [3.8, 4) is 5.69 Å². The average molecular weight is 407 g/mol. The maximum absolute atomic E-state index is 14.6. The molecule has 1 aliphatic rings. The molecule has 1 aromatic heterocycles. The molecule has 2 amide bonds. The first-order chi connectivity index (χ1) is 14.5. The lowest BCUT2D eigenvalue weighted by Crippen LogP contribution is -2.50. The van der Waals surface area contributed by atoms with Gasteiger partial charge in [-0.25, -0.2) is 14.1 Å². The predicted molar refractivity (Wildman–Crippen MR) is 110 cm³/mol. The fourth-order valence-corrected chi connectivity index (χ4v) is 3.96. The van der Waals surface area contributed by atoms with Crippen LogP contribution < -0.4 is 5.32 Å². The van der Waals surface area contributed by atoms with E-state index in [0.29, 0.717) is 31.6 Å². The molecule has 7 nitrogen and oxygen atoms in total. The molecular formula is C22H22FN5O2. The van der Waals surface area contributed by atoms with E-state index in [4.69, 9.17) is 0 Å². The van der Waals surface area contributed by atoms with E-state index in [-0.39, 0.29) is 17.5 Å². The molecule has 2 heterocycles. The van der Waals surface area contributed by atoms with Crippen molar-refractivity contribution in [1.29, 1.82) is 0 Å². The summed E-state index contributed by atoms with van der Waals surface area (Å²) in [5, 5.41) is 6.81. The summed E-state index contributed by atoms with van der Waals surface area (Å²) in [7, 11) is 0. The number of halogens is 1. The van der Waals surface area contributed by atoms with Crippen LogP contribution in [0.15, 0.2) is 61.2 Å². The number of carbonyl (C=O) groups excluding carboxylic acids is 2. The van der Waals surface area contributed by atoms with E-state index in [1.165, 1.54) is 30.3 Å². The molecule has 0 unspecified atom stereocenters. The van der Waals surface area contributed by atoms with E-state index >= 15 is 0 Å². The highest BCUT2D eigenvalue weighted by Gasteiger charge is 2.43. The lowest BCUT2D eigenvalue weighted by atomic mass is 9.72. The Hall–Kier alpha value is -3.55. The zero-order valence-electron chi connectivity index (χ0n) is 16.6. The second kappa shape index (κ2) is 8.06. The van der Waals surface area contributed by atoms with Gasteiger partial charge in [-0.1, -0.05) is 30.3 Å². The van der Waals surface area contributed by atoms with Crippen LogP contribution in [-0.4, -0.2) is 44.6 Å². The number of anilines is 1. The van der Waals surface area contributed by atoms with Crippen LogP contribution in [0.2, 0.25) is 0 Å². The Bertz CT molecular complexity index is 1040. The van der Waals surface area contributed by atoms with Crippen molar-refractivity contribution in [2.75, 3.05) is 18.4 Å². The number of piperidine rings is 1. The van der Waals surface area contributed by atoms with Gasteiger partial charge in [0, 0.05) is 25.7 Å². The number of hydrogen-bond donors (Lipinski definition) is 1. The Labute approximate surface area is 173 Å². The Balaban J connectivity index is 1.60. The number of rotatable bonds is 4. The molecule has 30 heavy (non-hydrogen) atoms. The standard InChI is InChI=1S/C22H22FN5O2/c1-16(29)27-11-9-22(10-12-27,17-5-3-2-4-6-17)21(30)26-18-7-8-20(19(23)13-18)28-15-24-14-25-28/h2-8,13-15H,9-12H2,1H3,(H,26,30). The van der Waals surface area contributed by atoms with Crippen molar-refractivity contribution in [3.05, 3.63) is 72.6 Å². The van der Waals surface area contributed by atoms with Gasteiger partial charge in [-0.05, 0) is 36.6 Å². The molecule has 1 fully saturated rings. The third kappa shape index (κ3) is 3.68. The van der Waals surface area contributed by atoms with Crippen molar-refractivity contribution in [1.82, 2.24) is 19.7 Å². The maximum atomic E-state index is 14.6. The highest BCUT2D eigenvalue weighted by molar-refractivity contribution is 5.99. The third-order valence-electron chi connectivity index (χ3n) is 5.69. The van der Waals surface area contributed by atoms with Gasteiger partial charge in [0.25, 0.3) is 0 Å². The van der Waals surface area contributed by atoms with Crippen molar-refractivity contribution in [2.45, 2.75) is 25.2 Å². The zero-order valence-corrected chi connectivity index (χ0v) is 16.6. The molecule has 0 saturated carbocycles. The van der Waals surface area contributed by atoms with Crippen molar-refractivity contribution < 1.29 is 14.0 Å². The molecule has 3 aromatic rings. The van der Waals surface area contributed by atoms with E-state index in [0.717, 1.165) is 5.56 Å². The molecular weight excluding hydrogens is 385 g/mol. The molecule has 4 rings (SSSR count). The van der Waals surface area contributed by atoms with Gasteiger partial charge in [-0.2, -0.15) is 5.10 Å². The fraction of sp³-hybridized carbons (Fsp3) is 0.273. The smallest absolute Gasteiger partial charge is 0.235 e. The Morgan fingerprint density at radius 2 is 1.83 bits per heavy atom. The number of nitrogens with zero attached hydrogens (tertiary/aromatic N) is 4. The molecule has 0 atom stereocenters. The van der Waals surface area contributed by atoms with Gasteiger partial charge in [0.15, 0.2) is 5.82 Å². The Morgan fingerprint density at radius 1 is 1.10 bits per heavy atom. The van der Waals surface area contributed by atoms with Crippen molar-refractivity contribution in [2.24, 2.45) is 0 Å². The van der Waals surface area contributed by atoms with Crippen LogP contribution in [-0.2, 0) is 15.0 Å². The summed E-state index contributed by atoms with van der Waals surface area (Å²) in [4.78, 5) is 30.7. The minimum Gasteiger partial charge on any atom is -0.343 e. The number of nitrogens with one attached hydrogen (secondary N) is 1. The van der Waals surface area contributed by atoms with Gasteiger partial charge in [0.05, 0.1) is 5.41 Å².